The number of benzene rings is 1. The van der Waals surface area contributed by atoms with Crippen LogP contribution in [0.1, 0.15) is 44.6 Å². The Balaban J connectivity index is 1.58. The van der Waals surface area contributed by atoms with E-state index in [1.165, 1.54) is 0 Å². The van der Waals surface area contributed by atoms with Gasteiger partial charge in [0.15, 0.2) is 5.78 Å². The zero-order chi connectivity index (χ0) is 23.4. The van der Waals surface area contributed by atoms with Gasteiger partial charge < -0.3 is 16.2 Å². The summed E-state index contributed by atoms with van der Waals surface area (Å²) in [6.07, 6.45) is 9.07. The number of aromatic nitrogens is 2. The highest BCUT2D eigenvalue weighted by Gasteiger charge is 2.27. The van der Waals surface area contributed by atoms with Crippen molar-refractivity contribution in [3.05, 3.63) is 65.8 Å². The number of nitrogens with one attached hydrogen (secondary N) is 1. The summed E-state index contributed by atoms with van der Waals surface area (Å²) >= 11 is 0. The number of nitrogens with two attached hydrogens (primary N) is 1. The molecule has 7 heteroatoms. The van der Waals surface area contributed by atoms with Gasteiger partial charge in [-0.1, -0.05) is 25.5 Å². The molecule has 4 N–H and O–H groups in total. The number of carbonyl (C=O) groups is 2. The number of anilines is 1. The highest BCUT2D eigenvalue weighted by molar-refractivity contribution is 5.98. The van der Waals surface area contributed by atoms with E-state index in [2.05, 4.69) is 22.2 Å². The van der Waals surface area contributed by atoms with Crippen molar-refractivity contribution in [3.63, 3.8) is 0 Å². The summed E-state index contributed by atoms with van der Waals surface area (Å²) in [5.41, 5.74) is 10.8. The lowest BCUT2D eigenvalue weighted by atomic mass is 9.98. The number of nitrogens with zero attached hydrogens (tertiary/aromatic N) is 2. The van der Waals surface area contributed by atoms with Gasteiger partial charge >= 0.3 is 5.97 Å². The lowest BCUT2D eigenvalue weighted by molar-refractivity contribution is -0.139. The van der Waals surface area contributed by atoms with E-state index < -0.39 is 12.0 Å². The molecule has 0 radical (unpaired) electrons. The normalized spacial score (nSPS) is 14.6. The minimum atomic E-state index is -0.969. The van der Waals surface area contributed by atoms with Crippen LogP contribution in [0.3, 0.4) is 0 Å². The molecule has 2 heterocycles. The molecule has 1 aromatic carbocycles. The fourth-order valence-electron chi connectivity index (χ4n) is 4.32. The SMILES string of the molecule is CCCCC1=C(N[C@@H](Cc2ccc(-c3nccc4cnccc34)cc2N)C(=O)O)CCC1=O. The van der Waals surface area contributed by atoms with Crippen LogP contribution < -0.4 is 11.1 Å². The largest absolute Gasteiger partial charge is 0.480 e. The Kier molecular flexibility index (Phi) is 6.68. The molecule has 1 atom stereocenters. The number of nitrogen functional groups attached to an aromatic ring is 1. The van der Waals surface area contributed by atoms with E-state index >= 15 is 0 Å². The molecule has 4 rings (SSSR count). The second-order valence-corrected chi connectivity index (χ2v) is 8.39. The number of carboxylic acid groups (broad SMARTS) is 1. The van der Waals surface area contributed by atoms with Crippen molar-refractivity contribution < 1.29 is 14.7 Å². The van der Waals surface area contributed by atoms with Crippen LogP contribution in [0, 0.1) is 0 Å². The Bertz CT molecular complexity index is 1230. The van der Waals surface area contributed by atoms with E-state index in [-0.39, 0.29) is 12.2 Å². The number of allylic oxidation sites excluding steroid dienone is 2. The maximum atomic E-state index is 12.2. The first kappa shape index (κ1) is 22.5. The number of Topliss-reactive ketones (excluding diaryl/α,β-unsaturated/α-hetero) is 1. The van der Waals surface area contributed by atoms with Gasteiger partial charge in [0.1, 0.15) is 6.04 Å². The third kappa shape index (κ3) is 4.87. The molecule has 0 bridgehead atoms. The predicted molar refractivity (Wildman–Crippen MR) is 128 cm³/mol. The monoisotopic (exact) mass is 444 g/mol. The smallest absolute Gasteiger partial charge is 0.326 e. The molecule has 0 amide bonds. The van der Waals surface area contributed by atoms with Crippen LogP contribution in [0.15, 0.2) is 60.2 Å². The summed E-state index contributed by atoms with van der Waals surface area (Å²) in [6.45, 7) is 2.07. The Morgan fingerprint density at radius 2 is 2.06 bits per heavy atom. The zero-order valence-electron chi connectivity index (χ0n) is 18.7. The number of hydrogen-bond acceptors (Lipinski definition) is 6. The second kappa shape index (κ2) is 9.81. The molecule has 170 valence electrons. The van der Waals surface area contributed by atoms with Crippen LogP contribution >= 0.6 is 0 Å². The van der Waals surface area contributed by atoms with E-state index in [0.29, 0.717) is 24.9 Å². The van der Waals surface area contributed by atoms with E-state index in [9.17, 15) is 14.7 Å². The first-order valence-electron chi connectivity index (χ1n) is 11.3. The maximum absolute atomic E-state index is 12.2. The average molecular weight is 445 g/mol. The molecule has 0 fully saturated rings. The van der Waals surface area contributed by atoms with Crippen LogP contribution in [0.5, 0.6) is 0 Å². The molecule has 0 spiro atoms. The number of carboxylic acids is 1. The maximum Gasteiger partial charge on any atom is 0.326 e. The first-order chi connectivity index (χ1) is 16.0. The summed E-state index contributed by atoms with van der Waals surface area (Å²) in [6, 6.07) is 8.57. The average Bonchev–Trinajstić information content (AvgIpc) is 3.16. The lowest BCUT2D eigenvalue weighted by Crippen LogP contribution is -2.38. The van der Waals surface area contributed by atoms with Crippen molar-refractivity contribution in [2.24, 2.45) is 0 Å². The first-order valence-corrected chi connectivity index (χ1v) is 11.3. The Hall–Kier alpha value is -3.74. The summed E-state index contributed by atoms with van der Waals surface area (Å²) in [5.74, 6) is -0.847. The van der Waals surface area contributed by atoms with Crippen LogP contribution in [0.4, 0.5) is 5.69 Å². The van der Waals surface area contributed by atoms with Gasteiger partial charge in [-0.25, -0.2) is 4.79 Å². The number of hydrogen-bond donors (Lipinski definition) is 3. The minimum absolute atomic E-state index is 0.122. The van der Waals surface area contributed by atoms with Crippen molar-refractivity contribution in [2.75, 3.05) is 5.73 Å². The number of carbonyl (C=O) groups excluding carboxylic acids is 1. The molecule has 0 aliphatic heterocycles. The molecule has 1 aliphatic rings. The van der Waals surface area contributed by atoms with E-state index in [4.69, 9.17) is 5.73 Å². The van der Waals surface area contributed by atoms with Crippen LogP contribution in [-0.4, -0.2) is 32.9 Å². The summed E-state index contributed by atoms with van der Waals surface area (Å²) in [5, 5.41) is 14.9. The van der Waals surface area contributed by atoms with Crippen molar-refractivity contribution in [2.45, 2.75) is 51.5 Å². The molecular weight excluding hydrogens is 416 g/mol. The Morgan fingerprint density at radius 3 is 2.82 bits per heavy atom. The number of ketones is 1. The third-order valence-electron chi connectivity index (χ3n) is 6.14. The van der Waals surface area contributed by atoms with Gasteiger partial charge in [0.25, 0.3) is 0 Å². The van der Waals surface area contributed by atoms with Crippen molar-refractivity contribution in [1.82, 2.24) is 15.3 Å². The van der Waals surface area contributed by atoms with Gasteiger partial charge in [-0.15, -0.1) is 0 Å². The molecule has 3 aromatic rings. The molecule has 1 aliphatic carbocycles. The van der Waals surface area contributed by atoms with Gasteiger partial charge in [0.2, 0.25) is 0 Å². The van der Waals surface area contributed by atoms with E-state index in [1.807, 2.05) is 30.3 Å². The van der Waals surface area contributed by atoms with E-state index in [0.717, 1.165) is 51.7 Å². The molecule has 0 saturated carbocycles. The molecule has 7 nitrogen and oxygen atoms in total. The number of aliphatic carboxylic acids is 1. The Labute approximate surface area is 192 Å². The summed E-state index contributed by atoms with van der Waals surface area (Å²) < 4.78 is 0. The molecular formula is C26H28N4O3. The van der Waals surface area contributed by atoms with Crippen molar-refractivity contribution >= 4 is 28.2 Å². The molecule has 0 unspecified atom stereocenters. The van der Waals surface area contributed by atoms with Gasteiger partial charge in [-0.3, -0.25) is 14.8 Å². The highest BCUT2D eigenvalue weighted by Crippen LogP contribution is 2.30. The van der Waals surface area contributed by atoms with Crippen molar-refractivity contribution in [1.29, 1.82) is 0 Å². The second-order valence-electron chi connectivity index (χ2n) is 8.39. The third-order valence-corrected chi connectivity index (χ3v) is 6.14. The number of fused-ring (bicyclic) bond motifs is 1. The fourth-order valence-corrected chi connectivity index (χ4v) is 4.32. The summed E-state index contributed by atoms with van der Waals surface area (Å²) in [4.78, 5) is 32.9. The fraction of sp³-hybridized carbons (Fsp3) is 0.308. The molecule has 0 saturated heterocycles. The minimum Gasteiger partial charge on any atom is -0.480 e. The van der Waals surface area contributed by atoms with Gasteiger partial charge in [-0.2, -0.15) is 0 Å². The van der Waals surface area contributed by atoms with Crippen LogP contribution in [-0.2, 0) is 16.0 Å². The van der Waals surface area contributed by atoms with Gasteiger partial charge in [0.05, 0.1) is 5.69 Å². The summed E-state index contributed by atoms with van der Waals surface area (Å²) in [7, 11) is 0. The molecule has 2 aromatic heterocycles. The number of rotatable bonds is 9. The van der Waals surface area contributed by atoms with Gasteiger partial charge in [-0.05, 0) is 43.0 Å². The number of unbranched alkanes of at least 4 members (excludes halogenated alkanes) is 1. The van der Waals surface area contributed by atoms with E-state index in [1.54, 1.807) is 18.6 Å². The Morgan fingerprint density at radius 1 is 1.21 bits per heavy atom. The quantitative estimate of drug-likeness (QED) is 0.422. The van der Waals surface area contributed by atoms with Crippen LogP contribution in [0.2, 0.25) is 0 Å². The standard InChI is InChI=1S/C26H28N4O3/c1-2-3-4-20-22(7-8-24(20)31)30-23(26(32)33)14-16-5-6-17(13-21(16)27)25-19-10-11-28-15-18(19)9-12-29-25/h5-6,9-13,15,23,30H,2-4,7-8,14,27H2,1H3,(H,32,33)/t23-/m0/s1. The predicted octanol–water partition coefficient (Wildman–Crippen LogP) is 4.27. The van der Waals surface area contributed by atoms with Gasteiger partial charge in [0, 0.05) is 64.7 Å². The van der Waals surface area contributed by atoms with Crippen LogP contribution in [0.25, 0.3) is 22.0 Å². The lowest BCUT2D eigenvalue weighted by Gasteiger charge is -2.19. The zero-order valence-corrected chi connectivity index (χ0v) is 18.7. The molecule has 33 heavy (non-hydrogen) atoms. The highest BCUT2D eigenvalue weighted by atomic mass is 16.4. The number of pyridine rings is 2. The van der Waals surface area contributed by atoms with Crippen molar-refractivity contribution in [3.8, 4) is 11.3 Å². The topological polar surface area (TPSA) is 118 Å².